The number of aromatic amines is 1. The molecule has 2 saturated carbocycles. The molecule has 10 nitrogen and oxygen atoms in total. The molecule has 0 unspecified atom stereocenters. The Labute approximate surface area is 261 Å². The quantitative estimate of drug-likeness (QED) is 0.211. The summed E-state index contributed by atoms with van der Waals surface area (Å²) in [6.07, 6.45) is 9.68. The zero-order valence-electron chi connectivity index (χ0n) is 25.4. The zero-order valence-corrected chi connectivity index (χ0v) is 27.0. The summed E-state index contributed by atoms with van der Waals surface area (Å²) >= 11 is 3.76. The fraction of sp³-hybridized carbons (Fsp3) is 0.531. The van der Waals surface area contributed by atoms with Gasteiger partial charge in [0, 0.05) is 35.7 Å². The topological polar surface area (TPSA) is 114 Å². The van der Waals surface area contributed by atoms with Gasteiger partial charge in [0.05, 0.1) is 17.1 Å². The van der Waals surface area contributed by atoms with Crippen LogP contribution >= 0.6 is 15.9 Å². The van der Waals surface area contributed by atoms with Crippen LogP contribution in [0.2, 0.25) is 0 Å². The van der Waals surface area contributed by atoms with Gasteiger partial charge in [0.15, 0.2) is 0 Å². The number of carbonyl (C=O) groups excluding carboxylic acids is 1. The lowest BCUT2D eigenvalue weighted by molar-refractivity contribution is 0.102. The van der Waals surface area contributed by atoms with Gasteiger partial charge in [-0.3, -0.25) is 10.1 Å². The maximum atomic E-state index is 12.8. The molecule has 2 fully saturated rings. The first-order valence-corrected chi connectivity index (χ1v) is 16.2. The Hall–Kier alpha value is -3.47. The number of carbonyl (C=O) groups is 1. The molecule has 4 aromatic rings. The third-order valence-electron chi connectivity index (χ3n) is 9.28. The van der Waals surface area contributed by atoms with Gasteiger partial charge in [-0.25, -0.2) is 4.98 Å². The van der Waals surface area contributed by atoms with E-state index in [1.54, 1.807) is 0 Å². The van der Waals surface area contributed by atoms with E-state index in [9.17, 15) is 4.79 Å². The summed E-state index contributed by atoms with van der Waals surface area (Å²) < 4.78 is 9.39. The molecule has 2 N–H and O–H groups in total. The number of tetrazole rings is 1. The number of ether oxygens (including phenoxy) is 1. The second-order valence-electron chi connectivity index (χ2n) is 13.1. The molecule has 228 valence electrons. The molecule has 2 aromatic heterocycles. The lowest BCUT2D eigenvalue weighted by atomic mass is 9.71. The van der Waals surface area contributed by atoms with Gasteiger partial charge in [-0.1, -0.05) is 47.9 Å². The molecule has 0 atom stereocenters. The van der Waals surface area contributed by atoms with Crippen LogP contribution in [0, 0.1) is 11.3 Å². The lowest BCUT2D eigenvalue weighted by Crippen LogP contribution is -2.41. The number of aryl methyl sites for hydroxylation is 1. The highest BCUT2D eigenvalue weighted by Crippen LogP contribution is 2.41. The van der Waals surface area contributed by atoms with Gasteiger partial charge >= 0.3 is 0 Å². The molecule has 0 spiro atoms. The Balaban J connectivity index is 1.28. The number of hydrogen-bond donors (Lipinski definition) is 2. The van der Waals surface area contributed by atoms with Crippen LogP contribution < -0.4 is 15.0 Å². The number of imidazole rings is 1. The SMILES string of the molecule is Cn1c(N(Cc2ccc(C(=O)Nc3nn[nH]n3)cc2Br)C2CCC(C(C)(C)C)CC2)nc2cc(OC3CCCC3)ccc21. The lowest BCUT2D eigenvalue weighted by Gasteiger charge is -2.41. The van der Waals surface area contributed by atoms with Crippen molar-refractivity contribution in [3.63, 3.8) is 0 Å². The molecule has 0 aliphatic heterocycles. The van der Waals surface area contributed by atoms with Gasteiger partial charge in [0.1, 0.15) is 5.75 Å². The summed E-state index contributed by atoms with van der Waals surface area (Å²) in [5.74, 6) is 2.42. The summed E-state index contributed by atoms with van der Waals surface area (Å²) in [5.41, 5.74) is 3.95. The fourth-order valence-electron chi connectivity index (χ4n) is 6.70. The number of nitrogens with zero attached hydrogens (tertiary/aromatic N) is 6. The molecule has 1 amide bonds. The molecule has 6 rings (SSSR count). The van der Waals surface area contributed by atoms with Crippen LogP contribution in [-0.4, -0.2) is 48.2 Å². The molecule has 0 saturated heterocycles. The second kappa shape index (κ2) is 12.3. The third-order valence-corrected chi connectivity index (χ3v) is 10.0. The van der Waals surface area contributed by atoms with Crippen molar-refractivity contribution in [1.29, 1.82) is 0 Å². The monoisotopic (exact) mass is 648 g/mol. The predicted molar refractivity (Wildman–Crippen MR) is 171 cm³/mol. The normalized spacial score (nSPS) is 19.6. The average molecular weight is 650 g/mol. The molecule has 0 radical (unpaired) electrons. The van der Waals surface area contributed by atoms with Crippen LogP contribution in [0.15, 0.2) is 40.9 Å². The van der Waals surface area contributed by atoms with Crippen LogP contribution in [0.5, 0.6) is 5.75 Å². The first kappa shape index (κ1) is 29.6. The van der Waals surface area contributed by atoms with Crippen molar-refractivity contribution in [2.45, 2.75) is 90.8 Å². The minimum absolute atomic E-state index is 0.140. The van der Waals surface area contributed by atoms with Crippen molar-refractivity contribution in [1.82, 2.24) is 30.2 Å². The molecule has 2 aliphatic rings. The van der Waals surface area contributed by atoms with Crippen LogP contribution in [-0.2, 0) is 13.6 Å². The van der Waals surface area contributed by atoms with E-state index in [1.165, 1.54) is 25.7 Å². The summed E-state index contributed by atoms with van der Waals surface area (Å²) in [5, 5.41) is 16.1. The maximum absolute atomic E-state index is 12.8. The molecule has 2 heterocycles. The van der Waals surface area contributed by atoms with E-state index in [2.05, 4.69) is 97.4 Å². The van der Waals surface area contributed by atoms with Crippen LogP contribution in [0.3, 0.4) is 0 Å². The molecular weight excluding hydrogens is 608 g/mol. The standard InChI is InChI=1S/C32H41BrN8O2/c1-32(2,3)22-11-13-23(14-12-22)41(19-21-10-9-20(17-26(21)33)29(42)35-30-36-38-39-37-30)31-34-27-18-25(15-16-28(27)40(31)4)43-24-7-5-6-8-24/h9-10,15-18,22-24H,5-8,11-14,19H2,1-4H3,(H2,35,36,37,38,39,42). The number of nitrogens with one attached hydrogen (secondary N) is 2. The number of aromatic nitrogens is 6. The fourth-order valence-corrected chi connectivity index (χ4v) is 7.21. The zero-order chi connectivity index (χ0) is 30.1. The minimum Gasteiger partial charge on any atom is -0.490 e. The first-order valence-electron chi connectivity index (χ1n) is 15.4. The van der Waals surface area contributed by atoms with E-state index in [-0.39, 0.29) is 11.9 Å². The van der Waals surface area contributed by atoms with E-state index >= 15 is 0 Å². The molecule has 43 heavy (non-hydrogen) atoms. The van der Waals surface area contributed by atoms with Crippen LogP contribution in [0.25, 0.3) is 11.0 Å². The van der Waals surface area contributed by atoms with E-state index in [0.717, 1.165) is 58.5 Å². The maximum Gasteiger partial charge on any atom is 0.270 e. The van der Waals surface area contributed by atoms with Crippen LogP contribution in [0.1, 0.15) is 88.1 Å². The molecule has 0 bridgehead atoms. The first-order chi connectivity index (χ1) is 20.7. The molecule has 11 heteroatoms. The van der Waals surface area contributed by atoms with Gasteiger partial charge < -0.3 is 14.2 Å². The van der Waals surface area contributed by atoms with Crippen molar-refractivity contribution in [2.24, 2.45) is 18.4 Å². The van der Waals surface area contributed by atoms with Gasteiger partial charge in [-0.2, -0.15) is 5.21 Å². The highest BCUT2D eigenvalue weighted by Gasteiger charge is 2.34. The predicted octanol–water partition coefficient (Wildman–Crippen LogP) is 7.03. The highest BCUT2D eigenvalue weighted by molar-refractivity contribution is 9.10. The largest absolute Gasteiger partial charge is 0.490 e. The third kappa shape index (κ3) is 6.56. The Bertz CT molecular complexity index is 1560. The molecular formula is C32H41BrN8O2. The van der Waals surface area contributed by atoms with Gasteiger partial charge in [0.25, 0.3) is 11.9 Å². The average Bonchev–Trinajstić information content (AvgIpc) is 3.75. The van der Waals surface area contributed by atoms with E-state index in [1.807, 2.05) is 18.2 Å². The van der Waals surface area contributed by atoms with Crippen molar-refractivity contribution < 1.29 is 9.53 Å². The van der Waals surface area contributed by atoms with Gasteiger partial charge in [-0.05, 0) is 97.7 Å². The number of H-pyrrole nitrogens is 1. The molecule has 2 aliphatic carbocycles. The number of halogens is 1. The number of benzene rings is 2. The van der Waals surface area contributed by atoms with Gasteiger partial charge in [-0.15, -0.1) is 5.10 Å². The Morgan fingerprint density at radius 2 is 1.86 bits per heavy atom. The minimum atomic E-state index is -0.294. The van der Waals surface area contributed by atoms with Crippen molar-refractivity contribution in [2.75, 3.05) is 10.2 Å². The second-order valence-corrected chi connectivity index (χ2v) is 14.0. The summed E-state index contributed by atoms with van der Waals surface area (Å²) in [4.78, 5) is 20.4. The summed E-state index contributed by atoms with van der Waals surface area (Å²) in [7, 11) is 2.11. The van der Waals surface area contributed by atoms with Crippen molar-refractivity contribution in [3.8, 4) is 5.75 Å². The number of anilines is 2. The van der Waals surface area contributed by atoms with Crippen molar-refractivity contribution >= 4 is 44.8 Å². The Morgan fingerprint density at radius 3 is 2.53 bits per heavy atom. The van der Waals surface area contributed by atoms with Gasteiger partial charge in [0.2, 0.25) is 5.95 Å². The van der Waals surface area contributed by atoms with Crippen LogP contribution in [0.4, 0.5) is 11.9 Å². The smallest absolute Gasteiger partial charge is 0.270 e. The number of fused-ring (bicyclic) bond motifs is 1. The number of amides is 1. The number of rotatable bonds is 8. The van der Waals surface area contributed by atoms with E-state index in [4.69, 9.17) is 9.72 Å². The summed E-state index contributed by atoms with van der Waals surface area (Å²) in [6.45, 7) is 7.75. The Morgan fingerprint density at radius 1 is 1.09 bits per heavy atom. The molecule has 2 aromatic carbocycles. The summed E-state index contributed by atoms with van der Waals surface area (Å²) in [6, 6.07) is 12.4. The Kier molecular flexibility index (Phi) is 8.44. The van der Waals surface area contributed by atoms with Crippen molar-refractivity contribution in [3.05, 3.63) is 52.0 Å². The van der Waals surface area contributed by atoms with E-state index in [0.29, 0.717) is 35.6 Å². The number of hydrogen-bond acceptors (Lipinski definition) is 7. The van der Waals surface area contributed by atoms with E-state index < -0.39 is 0 Å². The highest BCUT2D eigenvalue weighted by atomic mass is 79.9.